The normalized spacial score (nSPS) is 10.8. The van der Waals surface area contributed by atoms with E-state index in [2.05, 4.69) is 41.3 Å². The number of hydrogen-bond acceptors (Lipinski definition) is 4. The molecule has 2 aromatic rings. The Balaban J connectivity index is 2.06. The molecule has 5 heteroatoms. The van der Waals surface area contributed by atoms with Crippen LogP contribution in [0.25, 0.3) is 0 Å². The zero-order valence-electron chi connectivity index (χ0n) is 11.9. The van der Waals surface area contributed by atoms with Crippen molar-refractivity contribution < 1.29 is 0 Å². The van der Waals surface area contributed by atoms with Crippen LogP contribution in [0.4, 0.5) is 5.82 Å². The van der Waals surface area contributed by atoms with Gasteiger partial charge in [-0.2, -0.15) is 0 Å². The number of hydrogen-bond donors (Lipinski definition) is 1. The number of thiophene rings is 1. The summed E-state index contributed by atoms with van der Waals surface area (Å²) < 4.78 is 0.833. The molecule has 0 bridgehead atoms. The highest BCUT2D eigenvalue weighted by Crippen LogP contribution is 2.24. The van der Waals surface area contributed by atoms with Gasteiger partial charge in [0.15, 0.2) is 0 Å². The summed E-state index contributed by atoms with van der Waals surface area (Å²) >= 11 is 7.60. The van der Waals surface area contributed by atoms with E-state index in [1.807, 2.05) is 18.3 Å². The van der Waals surface area contributed by atoms with Gasteiger partial charge in [0.25, 0.3) is 0 Å². The Labute approximate surface area is 129 Å². The average molecular weight is 310 g/mol. The molecule has 0 amide bonds. The second-order valence-electron chi connectivity index (χ2n) is 4.72. The Bertz CT molecular complexity index is 541. The van der Waals surface area contributed by atoms with E-state index in [1.54, 1.807) is 11.3 Å². The Morgan fingerprint density at radius 3 is 2.90 bits per heavy atom. The number of pyridine rings is 1. The van der Waals surface area contributed by atoms with Gasteiger partial charge in [0.2, 0.25) is 0 Å². The molecule has 0 spiro atoms. The van der Waals surface area contributed by atoms with Crippen molar-refractivity contribution in [2.75, 3.05) is 18.5 Å². The third-order valence-corrected chi connectivity index (χ3v) is 4.21. The van der Waals surface area contributed by atoms with Gasteiger partial charge in [0.1, 0.15) is 5.82 Å². The molecule has 0 unspecified atom stereocenters. The molecule has 2 rings (SSSR count). The molecule has 0 fully saturated rings. The number of rotatable bonds is 7. The van der Waals surface area contributed by atoms with Crippen molar-refractivity contribution in [2.24, 2.45) is 0 Å². The van der Waals surface area contributed by atoms with E-state index in [0.29, 0.717) is 0 Å². The van der Waals surface area contributed by atoms with Gasteiger partial charge in [-0.25, -0.2) is 4.98 Å². The third kappa shape index (κ3) is 4.20. The summed E-state index contributed by atoms with van der Waals surface area (Å²) in [5, 5.41) is 3.43. The smallest absolute Gasteiger partial charge is 0.133 e. The molecule has 0 aliphatic rings. The molecular formula is C15H20ClN3S. The van der Waals surface area contributed by atoms with Crippen LogP contribution < -0.4 is 10.2 Å². The van der Waals surface area contributed by atoms with Crippen molar-refractivity contribution in [2.45, 2.75) is 26.4 Å². The molecule has 0 saturated carbocycles. The molecule has 0 saturated heterocycles. The van der Waals surface area contributed by atoms with E-state index in [-0.39, 0.29) is 0 Å². The SMILES string of the molecule is CCCNCc1cccnc1N(C)Cc1ccc(Cl)s1. The zero-order valence-corrected chi connectivity index (χ0v) is 13.5. The van der Waals surface area contributed by atoms with Gasteiger partial charge in [-0.1, -0.05) is 24.6 Å². The van der Waals surface area contributed by atoms with Crippen molar-refractivity contribution in [3.8, 4) is 0 Å². The molecule has 2 aromatic heterocycles. The number of halogens is 1. The van der Waals surface area contributed by atoms with E-state index < -0.39 is 0 Å². The second-order valence-corrected chi connectivity index (χ2v) is 6.52. The van der Waals surface area contributed by atoms with Crippen molar-refractivity contribution in [1.29, 1.82) is 0 Å². The summed E-state index contributed by atoms with van der Waals surface area (Å²) in [5.74, 6) is 1.03. The van der Waals surface area contributed by atoms with Crippen LogP contribution in [-0.2, 0) is 13.1 Å². The molecular weight excluding hydrogens is 290 g/mol. The molecule has 0 atom stereocenters. The van der Waals surface area contributed by atoms with Gasteiger partial charge in [0, 0.05) is 30.2 Å². The van der Waals surface area contributed by atoms with Gasteiger partial charge < -0.3 is 10.2 Å². The fourth-order valence-electron chi connectivity index (χ4n) is 2.06. The summed E-state index contributed by atoms with van der Waals surface area (Å²) in [6.07, 6.45) is 2.98. The van der Waals surface area contributed by atoms with Crippen molar-refractivity contribution in [3.05, 3.63) is 45.2 Å². The minimum Gasteiger partial charge on any atom is -0.354 e. The van der Waals surface area contributed by atoms with Gasteiger partial charge in [-0.15, -0.1) is 11.3 Å². The summed E-state index contributed by atoms with van der Waals surface area (Å²) in [6, 6.07) is 8.13. The van der Waals surface area contributed by atoms with E-state index >= 15 is 0 Å². The summed E-state index contributed by atoms with van der Waals surface area (Å²) in [7, 11) is 2.07. The third-order valence-electron chi connectivity index (χ3n) is 2.99. The summed E-state index contributed by atoms with van der Waals surface area (Å²) in [4.78, 5) is 7.94. The first-order chi connectivity index (χ1) is 9.70. The fourth-order valence-corrected chi connectivity index (χ4v) is 3.20. The number of aromatic nitrogens is 1. The van der Waals surface area contributed by atoms with Crippen LogP contribution in [0.1, 0.15) is 23.8 Å². The highest BCUT2D eigenvalue weighted by Gasteiger charge is 2.10. The van der Waals surface area contributed by atoms with Gasteiger partial charge >= 0.3 is 0 Å². The van der Waals surface area contributed by atoms with Crippen LogP contribution in [0.3, 0.4) is 0 Å². The largest absolute Gasteiger partial charge is 0.354 e. The first-order valence-electron chi connectivity index (χ1n) is 6.80. The predicted octanol–water partition coefficient (Wildman–Crippen LogP) is 3.93. The van der Waals surface area contributed by atoms with E-state index in [4.69, 9.17) is 11.6 Å². The lowest BCUT2D eigenvalue weighted by atomic mass is 10.2. The van der Waals surface area contributed by atoms with Crippen LogP contribution in [-0.4, -0.2) is 18.6 Å². The lowest BCUT2D eigenvalue weighted by Gasteiger charge is -2.20. The highest BCUT2D eigenvalue weighted by molar-refractivity contribution is 7.16. The van der Waals surface area contributed by atoms with Crippen LogP contribution in [0.15, 0.2) is 30.5 Å². The lowest BCUT2D eigenvalue weighted by Crippen LogP contribution is -2.21. The Morgan fingerprint density at radius 1 is 1.35 bits per heavy atom. The molecule has 0 radical (unpaired) electrons. The van der Waals surface area contributed by atoms with Gasteiger partial charge in [-0.05, 0) is 31.2 Å². The second kappa shape index (κ2) is 7.62. The maximum Gasteiger partial charge on any atom is 0.133 e. The number of nitrogens with one attached hydrogen (secondary N) is 1. The predicted molar refractivity (Wildman–Crippen MR) is 87.7 cm³/mol. The van der Waals surface area contributed by atoms with Crippen LogP contribution in [0.2, 0.25) is 4.34 Å². The van der Waals surface area contributed by atoms with Crippen molar-refractivity contribution >= 4 is 28.8 Å². The van der Waals surface area contributed by atoms with E-state index in [0.717, 1.165) is 36.2 Å². The van der Waals surface area contributed by atoms with Crippen molar-refractivity contribution in [1.82, 2.24) is 10.3 Å². The first kappa shape index (κ1) is 15.3. The lowest BCUT2D eigenvalue weighted by molar-refractivity contribution is 0.671. The summed E-state index contributed by atoms with van der Waals surface area (Å²) in [5.41, 5.74) is 1.23. The zero-order chi connectivity index (χ0) is 14.4. The van der Waals surface area contributed by atoms with Crippen molar-refractivity contribution in [3.63, 3.8) is 0 Å². The topological polar surface area (TPSA) is 28.2 Å². The maximum absolute atomic E-state index is 5.98. The Kier molecular flexibility index (Phi) is 5.83. The maximum atomic E-state index is 5.98. The minimum absolute atomic E-state index is 0.829. The highest BCUT2D eigenvalue weighted by atomic mass is 35.5. The fraction of sp³-hybridized carbons (Fsp3) is 0.400. The molecule has 2 heterocycles. The van der Waals surface area contributed by atoms with Crippen LogP contribution >= 0.6 is 22.9 Å². The van der Waals surface area contributed by atoms with Gasteiger partial charge in [0.05, 0.1) is 10.9 Å². The van der Waals surface area contributed by atoms with E-state index in [1.165, 1.54) is 10.4 Å². The first-order valence-corrected chi connectivity index (χ1v) is 8.00. The minimum atomic E-state index is 0.829. The Hall–Kier alpha value is -1.10. The summed E-state index contributed by atoms with van der Waals surface area (Å²) in [6.45, 7) is 4.88. The molecule has 0 aromatic carbocycles. The molecule has 3 nitrogen and oxygen atoms in total. The molecule has 20 heavy (non-hydrogen) atoms. The van der Waals surface area contributed by atoms with Crippen LogP contribution in [0, 0.1) is 0 Å². The molecule has 108 valence electrons. The standard InChI is InChI=1S/C15H20ClN3S/c1-3-8-17-10-12-5-4-9-18-15(12)19(2)11-13-6-7-14(16)20-13/h4-7,9,17H,3,8,10-11H2,1-2H3. The van der Waals surface area contributed by atoms with Gasteiger partial charge in [-0.3, -0.25) is 0 Å². The molecule has 0 aliphatic heterocycles. The average Bonchev–Trinajstić information content (AvgIpc) is 2.85. The molecule has 0 aliphatic carbocycles. The van der Waals surface area contributed by atoms with Crippen LogP contribution in [0.5, 0.6) is 0 Å². The molecule has 1 N–H and O–H groups in total. The quantitative estimate of drug-likeness (QED) is 0.785. The van der Waals surface area contributed by atoms with E-state index in [9.17, 15) is 0 Å². The number of anilines is 1. The number of nitrogens with zero attached hydrogens (tertiary/aromatic N) is 2. The monoisotopic (exact) mass is 309 g/mol. The Morgan fingerprint density at radius 2 is 2.20 bits per heavy atom.